The highest BCUT2D eigenvalue weighted by atomic mass is 79.9. The number of anilines is 2. The summed E-state index contributed by atoms with van der Waals surface area (Å²) >= 11 is 3.49. The van der Waals surface area contributed by atoms with Gasteiger partial charge in [0.05, 0.1) is 25.1 Å². The van der Waals surface area contributed by atoms with Gasteiger partial charge in [-0.2, -0.15) is 14.7 Å². The topological polar surface area (TPSA) is 67.0 Å². The largest absolute Gasteiger partial charge is 0.378 e. The summed E-state index contributed by atoms with van der Waals surface area (Å²) in [6, 6.07) is 20.3. The van der Waals surface area contributed by atoms with Crippen molar-refractivity contribution < 1.29 is 4.74 Å². The molecule has 2 aromatic carbocycles. The number of nitrogens with one attached hydrogen (secondary N) is 1. The molecule has 0 saturated carbocycles. The molecule has 0 radical (unpaired) electrons. The number of halogens is 1. The van der Waals surface area contributed by atoms with Crippen LogP contribution in [0, 0.1) is 6.92 Å². The molecular formula is C24H23BrN6O. The van der Waals surface area contributed by atoms with Crippen molar-refractivity contribution in [3.05, 3.63) is 76.3 Å². The first kappa shape index (κ1) is 20.7. The zero-order chi connectivity index (χ0) is 21.9. The second-order valence-electron chi connectivity index (χ2n) is 7.69. The smallest absolute Gasteiger partial charge is 0.160 e. The van der Waals surface area contributed by atoms with Crippen molar-refractivity contribution in [2.75, 3.05) is 36.6 Å². The Morgan fingerprint density at radius 1 is 1.06 bits per heavy atom. The van der Waals surface area contributed by atoms with E-state index in [0.29, 0.717) is 19.0 Å². The maximum absolute atomic E-state index is 5.54. The Hall–Kier alpha value is -3.23. The Morgan fingerprint density at radius 3 is 2.66 bits per heavy atom. The molecule has 1 aliphatic heterocycles. The van der Waals surface area contributed by atoms with Gasteiger partial charge in [0.2, 0.25) is 0 Å². The SMILES string of the molecule is Cc1cccc(/C=N/Nc2cc(N3CCOCC3)n3nc(-c4ccc(Br)cc4)cc3n2)c1. The van der Waals surface area contributed by atoms with E-state index >= 15 is 0 Å². The lowest BCUT2D eigenvalue weighted by Gasteiger charge is -2.29. The van der Waals surface area contributed by atoms with Crippen LogP contribution in [0.15, 0.2) is 70.2 Å². The molecule has 1 N–H and O–H groups in total. The van der Waals surface area contributed by atoms with Crippen molar-refractivity contribution in [1.82, 2.24) is 14.6 Å². The second kappa shape index (κ2) is 9.10. The maximum Gasteiger partial charge on any atom is 0.160 e. The van der Waals surface area contributed by atoms with Crippen LogP contribution in [0.4, 0.5) is 11.6 Å². The Balaban J connectivity index is 1.50. The van der Waals surface area contributed by atoms with Gasteiger partial charge in [-0.3, -0.25) is 5.43 Å². The number of ether oxygens (including phenoxy) is 1. The molecule has 0 spiro atoms. The van der Waals surface area contributed by atoms with Gasteiger partial charge in [0.25, 0.3) is 0 Å². The van der Waals surface area contributed by atoms with Crippen LogP contribution < -0.4 is 10.3 Å². The highest BCUT2D eigenvalue weighted by molar-refractivity contribution is 9.10. The Morgan fingerprint density at radius 2 is 1.88 bits per heavy atom. The van der Waals surface area contributed by atoms with Crippen LogP contribution in [0.2, 0.25) is 0 Å². The van der Waals surface area contributed by atoms with Crippen LogP contribution in [0.1, 0.15) is 11.1 Å². The van der Waals surface area contributed by atoms with Crippen molar-refractivity contribution in [1.29, 1.82) is 0 Å². The molecule has 0 aliphatic carbocycles. The van der Waals surface area contributed by atoms with E-state index in [1.165, 1.54) is 5.56 Å². The van der Waals surface area contributed by atoms with E-state index in [4.69, 9.17) is 14.8 Å². The molecule has 1 aliphatic rings. The molecule has 5 rings (SSSR count). The summed E-state index contributed by atoms with van der Waals surface area (Å²) in [5, 5.41) is 9.26. The predicted octanol–water partition coefficient (Wildman–Crippen LogP) is 4.75. The van der Waals surface area contributed by atoms with Gasteiger partial charge in [0, 0.05) is 35.3 Å². The first-order valence-corrected chi connectivity index (χ1v) is 11.3. The van der Waals surface area contributed by atoms with E-state index in [1.54, 1.807) is 6.21 Å². The monoisotopic (exact) mass is 490 g/mol. The van der Waals surface area contributed by atoms with Crippen LogP contribution in [-0.2, 0) is 4.74 Å². The molecule has 0 bridgehead atoms. The molecule has 0 amide bonds. The summed E-state index contributed by atoms with van der Waals surface area (Å²) < 4.78 is 8.48. The summed E-state index contributed by atoms with van der Waals surface area (Å²) in [6.45, 7) is 5.06. The molecule has 2 aromatic heterocycles. The maximum atomic E-state index is 5.54. The average Bonchev–Trinajstić information content (AvgIpc) is 3.24. The summed E-state index contributed by atoms with van der Waals surface area (Å²) in [6.07, 6.45) is 1.80. The average molecular weight is 491 g/mol. The van der Waals surface area contributed by atoms with E-state index in [-0.39, 0.29) is 0 Å². The summed E-state index contributed by atoms with van der Waals surface area (Å²) in [4.78, 5) is 7.02. The fourth-order valence-corrected chi connectivity index (χ4v) is 3.98. The van der Waals surface area contributed by atoms with E-state index in [9.17, 15) is 0 Å². The number of hydrazone groups is 1. The lowest BCUT2D eigenvalue weighted by Crippen LogP contribution is -2.37. The second-order valence-corrected chi connectivity index (χ2v) is 8.61. The third kappa shape index (κ3) is 4.51. The molecular weight excluding hydrogens is 468 g/mol. The lowest BCUT2D eigenvalue weighted by molar-refractivity contribution is 0.122. The van der Waals surface area contributed by atoms with Crippen molar-refractivity contribution in [3.8, 4) is 11.3 Å². The molecule has 3 heterocycles. The highest BCUT2D eigenvalue weighted by Gasteiger charge is 2.18. The van der Waals surface area contributed by atoms with Crippen molar-refractivity contribution in [3.63, 3.8) is 0 Å². The number of nitrogens with zero attached hydrogens (tertiary/aromatic N) is 5. The van der Waals surface area contributed by atoms with Gasteiger partial charge in [-0.15, -0.1) is 0 Å². The van der Waals surface area contributed by atoms with Crippen LogP contribution in [0.25, 0.3) is 16.9 Å². The highest BCUT2D eigenvalue weighted by Crippen LogP contribution is 2.26. The van der Waals surface area contributed by atoms with Gasteiger partial charge >= 0.3 is 0 Å². The van der Waals surface area contributed by atoms with Gasteiger partial charge in [-0.05, 0) is 24.6 Å². The number of benzene rings is 2. The summed E-state index contributed by atoms with van der Waals surface area (Å²) in [5.41, 5.74) is 8.01. The quantitative estimate of drug-likeness (QED) is 0.323. The number of hydrogen-bond acceptors (Lipinski definition) is 6. The van der Waals surface area contributed by atoms with Gasteiger partial charge < -0.3 is 9.64 Å². The van der Waals surface area contributed by atoms with Crippen LogP contribution in [0.5, 0.6) is 0 Å². The standard InChI is InChI=1S/C24H23BrN6O/c1-17-3-2-4-18(13-17)16-26-28-22-15-24(30-9-11-32-12-10-30)31-23(27-22)14-21(29-31)19-5-7-20(25)8-6-19/h2-8,13-16H,9-12H2,1H3,(H,27,28)/b26-16+. The third-order valence-electron chi connectivity index (χ3n) is 5.32. The van der Waals surface area contributed by atoms with Crippen molar-refractivity contribution >= 4 is 39.4 Å². The van der Waals surface area contributed by atoms with Crippen LogP contribution in [0.3, 0.4) is 0 Å². The van der Waals surface area contributed by atoms with Gasteiger partial charge in [-0.1, -0.05) is 57.9 Å². The van der Waals surface area contributed by atoms with Gasteiger partial charge in [-0.25, -0.2) is 4.98 Å². The lowest BCUT2D eigenvalue weighted by atomic mass is 10.2. The molecule has 162 valence electrons. The van der Waals surface area contributed by atoms with Gasteiger partial charge in [0.1, 0.15) is 5.82 Å². The van der Waals surface area contributed by atoms with E-state index in [0.717, 1.165) is 45.8 Å². The van der Waals surface area contributed by atoms with E-state index in [1.807, 2.05) is 53.0 Å². The third-order valence-corrected chi connectivity index (χ3v) is 5.85. The summed E-state index contributed by atoms with van der Waals surface area (Å²) in [5.74, 6) is 1.64. The predicted molar refractivity (Wildman–Crippen MR) is 132 cm³/mol. The minimum absolute atomic E-state index is 0.671. The van der Waals surface area contributed by atoms with Gasteiger partial charge in [0.15, 0.2) is 11.5 Å². The Kier molecular flexibility index (Phi) is 5.87. The molecule has 4 aromatic rings. The zero-order valence-corrected chi connectivity index (χ0v) is 19.3. The molecule has 7 nitrogen and oxygen atoms in total. The molecule has 32 heavy (non-hydrogen) atoms. The number of hydrogen-bond donors (Lipinski definition) is 1. The number of morpholine rings is 1. The van der Waals surface area contributed by atoms with E-state index < -0.39 is 0 Å². The Bertz CT molecular complexity index is 1260. The van der Waals surface area contributed by atoms with Crippen molar-refractivity contribution in [2.45, 2.75) is 6.92 Å². The minimum Gasteiger partial charge on any atom is -0.378 e. The molecule has 1 saturated heterocycles. The molecule has 0 unspecified atom stereocenters. The normalized spacial score (nSPS) is 14.4. The van der Waals surface area contributed by atoms with Crippen LogP contribution >= 0.6 is 15.9 Å². The first-order valence-electron chi connectivity index (χ1n) is 10.5. The molecule has 0 atom stereocenters. The summed E-state index contributed by atoms with van der Waals surface area (Å²) in [7, 11) is 0. The van der Waals surface area contributed by atoms with E-state index in [2.05, 4.69) is 50.4 Å². The number of aromatic nitrogens is 3. The molecule has 1 fully saturated rings. The van der Waals surface area contributed by atoms with Crippen LogP contribution in [-0.4, -0.2) is 47.1 Å². The zero-order valence-electron chi connectivity index (χ0n) is 17.7. The number of fused-ring (bicyclic) bond motifs is 1. The first-order chi connectivity index (χ1) is 15.7. The number of rotatable bonds is 5. The fraction of sp³-hybridized carbons (Fsp3) is 0.208. The minimum atomic E-state index is 0.671. The fourth-order valence-electron chi connectivity index (χ4n) is 3.72. The molecule has 8 heteroatoms. The number of aryl methyl sites for hydroxylation is 1. The van der Waals surface area contributed by atoms with Crippen molar-refractivity contribution in [2.24, 2.45) is 5.10 Å². The Labute approximate surface area is 194 Å².